The minimum Gasteiger partial charge on any atom is -0.495 e. The molecule has 0 aliphatic heterocycles. The molecule has 0 aliphatic carbocycles. The first kappa shape index (κ1) is 27.2. The Morgan fingerprint density at radius 1 is 1.00 bits per heavy atom. The summed E-state index contributed by atoms with van der Waals surface area (Å²) in [7, 11) is 6.30. The topological polar surface area (TPSA) is 105 Å². The normalized spacial score (nSPS) is 11.2. The number of halogens is 1. The van der Waals surface area contributed by atoms with Crippen molar-refractivity contribution in [1.29, 1.82) is 0 Å². The van der Waals surface area contributed by atoms with E-state index in [-0.39, 0.29) is 24.2 Å². The van der Waals surface area contributed by atoms with E-state index in [1.807, 2.05) is 37.3 Å². The molecule has 0 spiro atoms. The zero-order valence-electron chi connectivity index (χ0n) is 19.8. The molecule has 0 saturated heterocycles. The lowest BCUT2D eigenvalue weighted by molar-refractivity contribution is -0.116. The van der Waals surface area contributed by atoms with E-state index in [1.54, 1.807) is 34.6 Å². The quantitative estimate of drug-likeness (QED) is 0.404. The fraction of sp³-hybridized carbons (Fsp3) is 0.333. The molecule has 1 heterocycles. The summed E-state index contributed by atoms with van der Waals surface area (Å²) in [4.78, 5) is 13.4. The zero-order chi connectivity index (χ0) is 24.0. The van der Waals surface area contributed by atoms with Crippen molar-refractivity contribution in [2.45, 2.75) is 13.3 Å². The number of hydrogen-bond donors (Lipinski definition) is 2. The Bertz CT molecular complexity index is 1100. The lowest BCUT2D eigenvalue weighted by Crippen LogP contribution is -2.20. The third-order valence-corrected chi connectivity index (χ3v) is 6.07. The zero-order valence-corrected chi connectivity index (χ0v) is 21.5. The van der Waals surface area contributed by atoms with Crippen molar-refractivity contribution in [3.8, 4) is 44.6 Å². The highest BCUT2D eigenvalue weighted by Gasteiger charge is 2.19. The molecule has 8 nitrogen and oxygen atoms in total. The van der Waals surface area contributed by atoms with Gasteiger partial charge >= 0.3 is 0 Å². The average Bonchev–Trinajstić information content (AvgIpc) is 3.32. The summed E-state index contributed by atoms with van der Waals surface area (Å²) in [6, 6.07) is 9.42. The minimum atomic E-state index is -0.114. The van der Waals surface area contributed by atoms with Crippen LogP contribution in [0, 0.1) is 5.92 Å². The molecule has 3 N–H and O–H groups in total. The van der Waals surface area contributed by atoms with Crippen molar-refractivity contribution in [2.75, 3.05) is 40.3 Å². The van der Waals surface area contributed by atoms with Gasteiger partial charge in [-0.3, -0.25) is 4.79 Å². The molecule has 0 radical (unpaired) electrons. The number of hydrogen-bond acceptors (Lipinski definition) is 8. The van der Waals surface area contributed by atoms with Crippen LogP contribution in [0.5, 0.6) is 23.0 Å². The number of ether oxygens (including phenoxy) is 4. The van der Waals surface area contributed by atoms with E-state index in [0.717, 1.165) is 21.6 Å². The maximum atomic E-state index is 12.5. The van der Waals surface area contributed by atoms with Crippen LogP contribution >= 0.6 is 23.9 Å². The highest BCUT2D eigenvalue weighted by molar-refractivity contribution is 7.10. The van der Waals surface area contributed by atoms with Crippen LogP contribution in [0.15, 0.2) is 36.5 Å². The number of amides is 1. The van der Waals surface area contributed by atoms with Crippen LogP contribution in [0.3, 0.4) is 0 Å². The third-order valence-electron chi connectivity index (χ3n) is 5.22. The van der Waals surface area contributed by atoms with E-state index < -0.39 is 0 Å². The van der Waals surface area contributed by atoms with Crippen LogP contribution in [0.1, 0.15) is 13.3 Å². The Labute approximate surface area is 209 Å². The molecule has 0 saturated carbocycles. The molecule has 0 fully saturated rings. The van der Waals surface area contributed by atoms with Gasteiger partial charge in [-0.25, -0.2) is 0 Å². The second-order valence-corrected chi connectivity index (χ2v) is 8.29. The van der Waals surface area contributed by atoms with Crippen LogP contribution in [0.2, 0.25) is 0 Å². The Morgan fingerprint density at radius 2 is 1.65 bits per heavy atom. The van der Waals surface area contributed by atoms with E-state index in [1.165, 1.54) is 11.5 Å². The number of benzene rings is 2. The van der Waals surface area contributed by atoms with E-state index in [2.05, 4.69) is 9.69 Å². The van der Waals surface area contributed by atoms with Gasteiger partial charge in [0.2, 0.25) is 11.7 Å². The number of nitrogens with two attached hydrogens (primary N) is 1. The molecule has 1 unspecified atom stereocenters. The maximum Gasteiger partial charge on any atom is 0.224 e. The SMILES string of the molecule is COc1ccc(-c2cnsc2-c2cc(OC)c(OC)c(OC)c2)cc1NC(=O)CC(C)CN.Cl. The second kappa shape index (κ2) is 12.5. The van der Waals surface area contributed by atoms with Crippen LogP contribution in [-0.4, -0.2) is 45.3 Å². The number of nitrogens with one attached hydrogen (secondary N) is 1. The average molecular weight is 508 g/mol. The molecule has 1 amide bonds. The van der Waals surface area contributed by atoms with Crippen molar-refractivity contribution in [3.05, 3.63) is 36.5 Å². The van der Waals surface area contributed by atoms with Gasteiger partial charge in [-0.1, -0.05) is 13.0 Å². The molecule has 184 valence electrons. The Balaban J connectivity index is 0.00000408. The number of carbonyl (C=O) groups is 1. The molecule has 3 rings (SSSR count). The standard InChI is InChI=1S/C24H29N3O5S.ClH/c1-14(12-25)8-22(28)27-18-9-15(6-7-19(18)29-2)17-13-26-33-24(17)16-10-20(30-3)23(32-5)21(11-16)31-4;/h6-7,9-11,13-14H,8,12,25H2,1-5H3,(H,27,28);1H. The van der Waals surface area contributed by atoms with Crippen molar-refractivity contribution in [1.82, 2.24) is 4.37 Å². The van der Waals surface area contributed by atoms with Crippen LogP contribution in [0.4, 0.5) is 5.69 Å². The van der Waals surface area contributed by atoms with E-state index in [9.17, 15) is 4.79 Å². The highest BCUT2D eigenvalue weighted by Crippen LogP contribution is 2.45. The van der Waals surface area contributed by atoms with Crippen LogP contribution in [0.25, 0.3) is 21.6 Å². The fourth-order valence-electron chi connectivity index (χ4n) is 3.44. The molecular formula is C24H30ClN3O5S. The summed E-state index contributed by atoms with van der Waals surface area (Å²) in [5.74, 6) is 2.19. The predicted octanol–water partition coefficient (Wildman–Crippen LogP) is 4.86. The third kappa shape index (κ3) is 5.91. The second-order valence-electron chi connectivity index (χ2n) is 7.49. The number of nitrogens with zero attached hydrogens (tertiary/aromatic N) is 1. The predicted molar refractivity (Wildman–Crippen MR) is 138 cm³/mol. The van der Waals surface area contributed by atoms with Crippen LogP contribution < -0.4 is 30.0 Å². The molecular weight excluding hydrogens is 478 g/mol. The lowest BCUT2D eigenvalue weighted by Gasteiger charge is -2.15. The van der Waals surface area contributed by atoms with Crippen molar-refractivity contribution in [3.63, 3.8) is 0 Å². The number of anilines is 1. The first-order valence-electron chi connectivity index (χ1n) is 10.4. The Hall–Kier alpha value is -3.01. The van der Waals surface area contributed by atoms with Gasteiger partial charge in [0, 0.05) is 23.7 Å². The summed E-state index contributed by atoms with van der Waals surface area (Å²) in [6.07, 6.45) is 2.13. The molecule has 0 bridgehead atoms. The molecule has 3 aromatic rings. The van der Waals surface area contributed by atoms with Gasteiger partial charge in [-0.15, -0.1) is 12.4 Å². The number of methoxy groups -OCH3 is 4. The van der Waals surface area contributed by atoms with Crippen molar-refractivity contribution >= 4 is 35.5 Å². The van der Waals surface area contributed by atoms with Crippen molar-refractivity contribution in [2.24, 2.45) is 11.7 Å². The van der Waals surface area contributed by atoms with Gasteiger partial charge in [0.05, 0.1) is 39.0 Å². The lowest BCUT2D eigenvalue weighted by atomic mass is 10.0. The number of rotatable bonds is 10. The molecule has 2 aromatic carbocycles. The van der Waals surface area contributed by atoms with Gasteiger partial charge < -0.3 is 30.0 Å². The summed E-state index contributed by atoms with van der Waals surface area (Å²) >= 11 is 1.36. The molecule has 10 heteroatoms. The summed E-state index contributed by atoms with van der Waals surface area (Å²) in [5, 5.41) is 2.95. The van der Waals surface area contributed by atoms with Gasteiger partial charge in [-0.05, 0) is 53.8 Å². The van der Waals surface area contributed by atoms with Crippen LogP contribution in [-0.2, 0) is 4.79 Å². The van der Waals surface area contributed by atoms with E-state index in [4.69, 9.17) is 24.7 Å². The smallest absolute Gasteiger partial charge is 0.224 e. The summed E-state index contributed by atoms with van der Waals surface area (Å²) < 4.78 is 26.3. The largest absolute Gasteiger partial charge is 0.495 e. The summed E-state index contributed by atoms with van der Waals surface area (Å²) in [6.45, 7) is 2.39. The van der Waals surface area contributed by atoms with E-state index in [0.29, 0.717) is 41.7 Å². The number of carbonyl (C=O) groups excluding carboxylic acids is 1. The Morgan fingerprint density at radius 3 is 2.21 bits per heavy atom. The fourth-order valence-corrected chi connectivity index (χ4v) is 4.20. The van der Waals surface area contributed by atoms with Gasteiger partial charge in [-0.2, -0.15) is 4.37 Å². The maximum absolute atomic E-state index is 12.5. The van der Waals surface area contributed by atoms with Gasteiger partial charge in [0.15, 0.2) is 11.5 Å². The first-order valence-corrected chi connectivity index (χ1v) is 11.2. The Kier molecular flexibility index (Phi) is 9.97. The minimum absolute atomic E-state index is 0. The molecule has 1 atom stereocenters. The van der Waals surface area contributed by atoms with Gasteiger partial charge in [0.25, 0.3) is 0 Å². The van der Waals surface area contributed by atoms with Crippen molar-refractivity contribution < 1.29 is 23.7 Å². The molecule has 1 aromatic heterocycles. The number of aromatic nitrogens is 1. The first-order chi connectivity index (χ1) is 15.9. The van der Waals surface area contributed by atoms with Gasteiger partial charge in [0.1, 0.15) is 5.75 Å². The van der Waals surface area contributed by atoms with E-state index >= 15 is 0 Å². The summed E-state index contributed by atoms with van der Waals surface area (Å²) in [5.41, 5.74) is 8.91. The molecule has 34 heavy (non-hydrogen) atoms. The monoisotopic (exact) mass is 507 g/mol. The molecule has 0 aliphatic rings. The highest BCUT2D eigenvalue weighted by atomic mass is 35.5.